The maximum absolute atomic E-state index is 15.7. The van der Waals surface area contributed by atoms with E-state index in [1.165, 1.54) is 27.2 Å². The van der Waals surface area contributed by atoms with E-state index < -0.39 is 47.9 Å². The van der Waals surface area contributed by atoms with Crippen LogP contribution in [0, 0.1) is 5.82 Å². The Balaban J connectivity index is 1.09. The number of methoxy groups -OCH3 is 2. The number of fused-ring (bicyclic) bond motifs is 2. The molecule has 3 aromatic rings. The maximum Gasteiger partial charge on any atom is 0.306 e. The molecule has 0 spiro atoms. The molecule has 292 valence electrons. The Morgan fingerprint density at radius 2 is 1.58 bits per heavy atom. The molecule has 0 saturated carbocycles. The van der Waals surface area contributed by atoms with Crippen molar-refractivity contribution >= 4 is 63.1 Å². The third-order valence-corrected chi connectivity index (χ3v) is 9.81. The van der Waals surface area contributed by atoms with Gasteiger partial charge in [-0.25, -0.2) is 4.39 Å². The number of imide groups is 1. The van der Waals surface area contributed by atoms with Crippen molar-refractivity contribution < 1.29 is 61.6 Å². The second-order valence-electron chi connectivity index (χ2n) is 12.6. The minimum absolute atomic E-state index is 0.0699. The number of carbonyl (C=O) groups excluding carboxylic acids is 7. The fourth-order valence-electron chi connectivity index (χ4n) is 5.84. The molecule has 1 unspecified atom stereocenters. The lowest BCUT2D eigenvalue weighted by atomic mass is 10.1. The highest BCUT2D eigenvalue weighted by Gasteiger charge is 2.27. The van der Waals surface area contributed by atoms with Gasteiger partial charge >= 0.3 is 5.97 Å². The van der Waals surface area contributed by atoms with E-state index in [0.717, 1.165) is 45.8 Å². The second kappa shape index (κ2) is 18.5. The summed E-state index contributed by atoms with van der Waals surface area (Å²) in [7, 11) is 2.89. The highest BCUT2D eigenvalue weighted by Crippen LogP contribution is 2.40. The zero-order valence-electron chi connectivity index (χ0n) is 30.5. The molecule has 55 heavy (non-hydrogen) atoms. The number of aldehydes is 1. The van der Waals surface area contributed by atoms with Gasteiger partial charge < -0.3 is 38.7 Å². The highest BCUT2D eigenvalue weighted by molar-refractivity contribution is 7.20. The Morgan fingerprint density at radius 3 is 2.25 bits per heavy atom. The normalized spacial score (nSPS) is 13.8. The number of halogens is 1. The number of rotatable bonds is 20. The Hall–Kier alpha value is -5.84. The van der Waals surface area contributed by atoms with Gasteiger partial charge in [0.2, 0.25) is 11.8 Å². The van der Waals surface area contributed by atoms with Gasteiger partial charge in [0, 0.05) is 67.1 Å². The summed E-state index contributed by atoms with van der Waals surface area (Å²) in [6, 6.07) is 6.63. The minimum atomic E-state index is -0.752. The summed E-state index contributed by atoms with van der Waals surface area (Å²) in [5.41, 5.74) is 1.85. The van der Waals surface area contributed by atoms with E-state index in [0.29, 0.717) is 35.7 Å². The maximum atomic E-state index is 15.7. The van der Waals surface area contributed by atoms with Gasteiger partial charge in [-0.3, -0.25) is 33.7 Å². The van der Waals surface area contributed by atoms with Crippen LogP contribution in [-0.4, -0.2) is 98.1 Å². The zero-order chi connectivity index (χ0) is 39.6. The number of ether oxygens (including phenoxy) is 5. The number of Topliss-reactive ketones (excluding diaryl/α,β-unsaturated/α-hetero) is 1. The second-order valence-corrected chi connectivity index (χ2v) is 13.7. The first kappa shape index (κ1) is 40.3. The lowest BCUT2D eigenvalue weighted by Gasteiger charge is -2.16. The molecule has 2 aromatic carbocycles. The van der Waals surface area contributed by atoms with E-state index in [1.807, 2.05) is 12.1 Å². The number of nitrogens with one attached hydrogen (secondary N) is 1. The minimum Gasteiger partial charge on any atom is -0.493 e. The summed E-state index contributed by atoms with van der Waals surface area (Å²) in [4.78, 5) is 86.4. The summed E-state index contributed by atoms with van der Waals surface area (Å²) in [5, 5.41) is 2.64. The first-order valence-corrected chi connectivity index (χ1v) is 18.2. The number of hydrogen-bond donors (Lipinski definition) is 1. The van der Waals surface area contributed by atoms with Gasteiger partial charge in [0.25, 0.3) is 11.8 Å². The Kier molecular flexibility index (Phi) is 13.5. The van der Waals surface area contributed by atoms with Crippen LogP contribution in [0.25, 0.3) is 10.1 Å². The van der Waals surface area contributed by atoms with Crippen molar-refractivity contribution in [3.05, 3.63) is 58.2 Å². The van der Waals surface area contributed by atoms with Crippen LogP contribution in [0.15, 0.2) is 36.4 Å². The van der Waals surface area contributed by atoms with Crippen LogP contribution >= 0.6 is 11.3 Å². The van der Waals surface area contributed by atoms with E-state index in [1.54, 1.807) is 11.0 Å². The predicted molar refractivity (Wildman–Crippen MR) is 194 cm³/mol. The van der Waals surface area contributed by atoms with Crippen molar-refractivity contribution in [1.82, 2.24) is 15.1 Å². The number of benzene rings is 2. The van der Waals surface area contributed by atoms with Crippen molar-refractivity contribution in [2.75, 3.05) is 40.5 Å². The summed E-state index contributed by atoms with van der Waals surface area (Å²) in [6.45, 7) is 2.09. The molecule has 0 aliphatic carbocycles. The largest absolute Gasteiger partial charge is 0.493 e. The lowest BCUT2D eigenvalue weighted by molar-refractivity contribution is -0.148. The third kappa shape index (κ3) is 10.0. The fraction of sp³-hybridized carbons (Fsp3) is 0.395. The molecule has 4 amide bonds. The average molecular weight is 782 g/mol. The number of carbonyl (C=O) groups is 7. The first-order chi connectivity index (χ1) is 26.4. The Labute approximate surface area is 319 Å². The van der Waals surface area contributed by atoms with Crippen molar-refractivity contribution in [2.24, 2.45) is 0 Å². The van der Waals surface area contributed by atoms with Crippen molar-refractivity contribution in [3.8, 4) is 23.0 Å². The van der Waals surface area contributed by atoms with Crippen LogP contribution in [0.5, 0.6) is 23.0 Å². The molecular weight excluding hydrogens is 741 g/mol. The Morgan fingerprint density at radius 1 is 0.909 bits per heavy atom. The molecule has 15 nitrogen and oxygen atoms in total. The van der Waals surface area contributed by atoms with Gasteiger partial charge in [-0.05, 0) is 36.2 Å². The predicted octanol–water partition coefficient (Wildman–Crippen LogP) is 3.66. The van der Waals surface area contributed by atoms with Crippen LogP contribution in [-0.2, 0) is 46.6 Å². The van der Waals surface area contributed by atoms with Gasteiger partial charge in [0.05, 0.1) is 45.3 Å². The van der Waals surface area contributed by atoms with Gasteiger partial charge in [0.1, 0.15) is 18.9 Å². The summed E-state index contributed by atoms with van der Waals surface area (Å²) in [5.74, 6) is -2.68. The van der Waals surface area contributed by atoms with Crippen LogP contribution in [0.3, 0.4) is 0 Å². The van der Waals surface area contributed by atoms with Gasteiger partial charge in [-0.1, -0.05) is 0 Å². The van der Waals surface area contributed by atoms with E-state index in [9.17, 15) is 33.6 Å². The van der Waals surface area contributed by atoms with Crippen LogP contribution < -0.4 is 24.3 Å². The SMILES string of the molecule is COc1cc2c(cc1OCCCOc1c(OC)cc3sc(C(=O)CCC(=O)OC(C)CNC(=O)CN4C(=O)C=CC4=O)cc3c1F)CN(C(=O)CCC=O)C2. The van der Waals surface area contributed by atoms with Crippen molar-refractivity contribution in [1.29, 1.82) is 0 Å². The van der Waals surface area contributed by atoms with Gasteiger partial charge in [0.15, 0.2) is 34.6 Å². The zero-order valence-corrected chi connectivity index (χ0v) is 31.3. The van der Waals surface area contributed by atoms with E-state index in [4.69, 9.17) is 23.7 Å². The number of amides is 4. The number of thiophene rings is 1. The molecule has 17 heteroatoms. The summed E-state index contributed by atoms with van der Waals surface area (Å²) >= 11 is 1.05. The molecule has 0 bridgehead atoms. The lowest BCUT2D eigenvalue weighted by Crippen LogP contribution is -2.42. The molecule has 3 heterocycles. The molecular formula is C38H40FN3O12S. The molecule has 5 rings (SSSR count). The Bertz CT molecular complexity index is 2010. The standard InChI is InChI=1S/C38H40FN3O12S/c1-22(18-40-32(45)21-42-34(47)8-9-35(42)48)54-36(49)10-7-26(44)31-16-25-30(55-31)17-29(51-3)38(37(25)39)53-13-5-12-52-28-15-24-20-41(33(46)6-4-11-43)19-23(24)14-27(28)50-2/h8-9,11,14-17,22H,4-7,10,12-13,18-21H2,1-3H3,(H,40,45). The summed E-state index contributed by atoms with van der Waals surface area (Å²) < 4.78 is 44.1. The fourth-order valence-corrected chi connectivity index (χ4v) is 6.89. The quantitative estimate of drug-likeness (QED) is 0.0578. The van der Waals surface area contributed by atoms with E-state index in [2.05, 4.69) is 5.32 Å². The van der Waals surface area contributed by atoms with Crippen LogP contribution in [0.4, 0.5) is 4.39 Å². The number of ketones is 1. The van der Waals surface area contributed by atoms with Crippen molar-refractivity contribution in [2.45, 2.75) is 58.2 Å². The molecule has 0 fully saturated rings. The smallest absolute Gasteiger partial charge is 0.306 e. The van der Waals surface area contributed by atoms with Crippen molar-refractivity contribution in [3.63, 3.8) is 0 Å². The molecule has 1 aromatic heterocycles. The molecule has 1 N–H and O–H groups in total. The monoisotopic (exact) mass is 781 g/mol. The average Bonchev–Trinajstić information content (AvgIpc) is 3.89. The molecule has 2 aliphatic rings. The van der Waals surface area contributed by atoms with Crippen LogP contribution in [0.1, 0.15) is 59.8 Å². The molecule has 0 saturated heterocycles. The third-order valence-electron chi connectivity index (χ3n) is 8.68. The topological polar surface area (TPSA) is 184 Å². The van der Waals surface area contributed by atoms with Crippen LogP contribution in [0.2, 0.25) is 0 Å². The number of nitrogens with zero attached hydrogens (tertiary/aromatic N) is 2. The van der Waals surface area contributed by atoms with E-state index >= 15 is 4.39 Å². The molecule has 2 aliphatic heterocycles. The highest BCUT2D eigenvalue weighted by atomic mass is 32.1. The van der Waals surface area contributed by atoms with E-state index in [-0.39, 0.29) is 73.1 Å². The molecule has 0 radical (unpaired) electrons. The summed E-state index contributed by atoms with van der Waals surface area (Å²) in [6.07, 6.45) is 2.34. The van der Waals surface area contributed by atoms with Gasteiger partial charge in [-0.15, -0.1) is 11.3 Å². The van der Waals surface area contributed by atoms with Gasteiger partial charge in [-0.2, -0.15) is 0 Å². The molecule has 1 atom stereocenters. The number of hydrogen-bond acceptors (Lipinski definition) is 13. The first-order valence-electron chi connectivity index (χ1n) is 17.4. The number of esters is 1.